The number of hydrogen-bond acceptors (Lipinski definition) is 3. The van der Waals surface area contributed by atoms with Crippen molar-refractivity contribution in [2.24, 2.45) is 5.92 Å². The molecule has 4 aromatic carbocycles. The summed E-state index contributed by atoms with van der Waals surface area (Å²) in [4.78, 5) is 9.37. The summed E-state index contributed by atoms with van der Waals surface area (Å²) in [6, 6.07) is 42.4. The van der Waals surface area contributed by atoms with Crippen molar-refractivity contribution < 1.29 is 24.5 Å². The average molecular weight is 922 g/mol. The first-order chi connectivity index (χ1) is 24.7. The predicted octanol–water partition coefficient (Wildman–Crippen LogP) is 12.5. The van der Waals surface area contributed by atoms with E-state index in [4.69, 9.17) is 9.40 Å². The summed E-state index contributed by atoms with van der Waals surface area (Å²) in [5, 5.41) is 2.25. The Hall–Kier alpha value is -3.83. The minimum Gasteiger partial charge on any atom is -0.501 e. The molecular formula is C47H48GeIrN2O-2. The Labute approximate surface area is 326 Å². The van der Waals surface area contributed by atoms with Crippen LogP contribution in [0.2, 0.25) is 17.3 Å². The SMILES string of the molecule is CC(C)c1cc(-c2[c-]cccc2)nc[c]1[Ge]([CH3])([CH3])[CH3].[Ir].[c-]1ccc2c(oc3ccc(-c4ccccc4)cc32)c1-c1cc(CC2CCCCC2)ccn1. The molecule has 8 rings (SSSR count). The summed E-state index contributed by atoms with van der Waals surface area (Å²) in [7, 11) is 0. The van der Waals surface area contributed by atoms with Gasteiger partial charge in [0.05, 0.1) is 5.58 Å². The van der Waals surface area contributed by atoms with E-state index in [2.05, 4.69) is 127 Å². The Morgan fingerprint density at radius 3 is 2.27 bits per heavy atom. The van der Waals surface area contributed by atoms with Gasteiger partial charge in [-0.15, -0.1) is 18.2 Å². The van der Waals surface area contributed by atoms with E-state index in [0.29, 0.717) is 5.92 Å². The molecule has 0 atom stereocenters. The maximum absolute atomic E-state index is 6.35. The van der Waals surface area contributed by atoms with Crippen molar-refractivity contribution in [3.8, 4) is 33.6 Å². The minimum absolute atomic E-state index is 0. The first-order valence-electron chi connectivity index (χ1n) is 18.6. The van der Waals surface area contributed by atoms with E-state index in [1.807, 2.05) is 36.5 Å². The molecule has 0 saturated heterocycles. The Balaban J connectivity index is 0.000000200. The largest absolute Gasteiger partial charge is 0.501 e. The molecule has 5 heteroatoms. The van der Waals surface area contributed by atoms with Gasteiger partial charge in [-0.3, -0.25) is 0 Å². The molecule has 1 aliphatic carbocycles. The van der Waals surface area contributed by atoms with Crippen LogP contribution >= 0.6 is 0 Å². The summed E-state index contributed by atoms with van der Waals surface area (Å²) < 4.78 is 7.87. The van der Waals surface area contributed by atoms with Crippen molar-refractivity contribution in [3.63, 3.8) is 0 Å². The van der Waals surface area contributed by atoms with Gasteiger partial charge in [0.1, 0.15) is 5.58 Å². The van der Waals surface area contributed by atoms with Crippen LogP contribution in [0.1, 0.15) is 63.0 Å². The van der Waals surface area contributed by atoms with Crippen LogP contribution in [0.3, 0.4) is 0 Å². The zero-order chi connectivity index (χ0) is 35.4. The quantitative estimate of drug-likeness (QED) is 0.118. The van der Waals surface area contributed by atoms with Gasteiger partial charge in [0.15, 0.2) is 0 Å². The zero-order valence-corrected chi connectivity index (χ0v) is 35.5. The van der Waals surface area contributed by atoms with Crippen molar-refractivity contribution in [2.75, 3.05) is 0 Å². The Morgan fingerprint density at radius 1 is 0.750 bits per heavy atom. The summed E-state index contributed by atoms with van der Waals surface area (Å²) in [5.74, 6) is 8.64. The van der Waals surface area contributed by atoms with Gasteiger partial charge in [-0.25, -0.2) is 0 Å². The standard InChI is InChI=1S/C30H26NO.C17H22GeN.Ir/c1-3-8-21(9-4-1)18-22-16-17-31-28(19-22)26-13-7-12-25-27-20-24(23-10-5-2-6-11-23)14-15-29(27)32-30(25)26;1-13(2)15-11-17(14-9-7-6-8-10-14)19-12-16(15)18(3,4)5;/h2,5-7,10-12,14-17,19-21H,1,3-4,8-9,18H2;6-9,11-13H,1-5H3;/q2*-1;. The van der Waals surface area contributed by atoms with Gasteiger partial charge in [-0.2, -0.15) is 0 Å². The topological polar surface area (TPSA) is 38.9 Å². The molecule has 0 unspecified atom stereocenters. The van der Waals surface area contributed by atoms with E-state index >= 15 is 0 Å². The van der Waals surface area contributed by atoms with Gasteiger partial charge in [0, 0.05) is 31.7 Å². The summed E-state index contributed by atoms with van der Waals surface area (Å²) in [6.07, 6.45) is 12.1. The normalized spacial score (nSPS) is 13.5. The van der Waals surface area contributed by atoms with Gasteiger partial charge in [-0.1, -0.05) is 91.1 Å². The number of pyridine rings is 2. The molecular weight excluding hydrogens is 873 g/mol. The first-order valence-corrected chi connectivity index (χ1v) is 25.9. The van der Waals surface area contributed by atoms with Crippen LogP contribution in [0.15, 0.2) is 120 Å². The fraction of sp³-hybridized carbons (Fsp3) is 0.277. The third-order valence-corrected chi connectivity index (χ3v) is 14.5. The van der Waals surface area contributed by atoms with E-state index in [9.17, 15) is 0 Å². The van der Waals surface area contributed by atoms with Crippen molar-refractivity contribution in [1.29, 1.82) is 0 Å². The van der Waals surface area contributed by atoms with Crippen LogP contribution in [0.25, 0.3) is 55.6 Å². The van der Waals surface area contributed by atoms with E-state index in [0.717, 1.165) is 56.8 Å². The number of aromatic nitrogens is 2. The molecule has 7 aromatic rings. The number of fused-ring (bicyclic) bond motifs is 3. The van der Waals surface area contributed by atoms with Gasteiger partial charge in [0.25, 0.3) is 0 Å². The second-order valence-electron chi connectivity index (χ2n) is 15.4. The fourth-order valence-corrected chi connectivity index (χ4v) is 11.0. The number of rotatable bonds is 7. The van der Waals surface area contributed by atoms with Gasteiger partial charge >= 0.3 is 119 Å². The van der Waals surface area contributed by atoms with Crippen molar-refractivity contribution in [1.82, 2.24) is 9.97 Å². The molecule has 0 spiro atoms. The van der Waals surface area contributed by atoms with Crippen molar-refractivity contribution in [3.05, 3.63) is 139 Å². The Morgan fingerprint density at radius 2 is 1.54 bits per heavy atom. The summed E-state index contributed by atoms with van der Waals surface area (Å²) >= 11 is -1.85. The minimum atomic E-state index is -1.85. The van der Waals surface area contributed by atoms with Gasteiger partial charge < -0.3 is 9.40 Å². The molecule has 0 N–H and O–H groups in total. The molecule has 1 fully saturated rings. The van der Waals surface area contributed by atoms with Crippen LogP contribution in [0.4, 0.5) is 0 Å². The molecule has 0 aliphatic heterocycles. The second-order valence-corrected chi connectivity index (χ2v) is 25.9. The molecule has 267 valence electrons. The molecule has 3 nitrogen and oxygen atoms in total. The molecule has 3 heterocycles. The fourth-order valence-electron chi connectivity index (χ4n) is 7.48. The van der Waals surface area contributed by atoms with E-state index in [1.54, 1.807) is 0 Å². The average Bonchev–Trinajstić information content (AvgIpc) is 3.54. The Bertz CT molecular complexity index is 2230. The number of furan rings is 1. The molecule has 3 aromatic heterocycles. The molecule has 1 radical (unpaired) electrons. The number of nitrogens with zero attached hydrogens (tertiary/aromatic N) is 2. The summed E-state index contributed by atoms with van der Waals surface area (Å²) in [5.41, 5.74) is 11.0. The Kier molecular flexibility index (Phi) is 12.3. The smallest absolute Gasteiger partial charge is 0.120 e. The first kappa shape index (κ1) is 37.9. The molecule has 1 aliphatic rings. The van der Waals surface area contributed by atoms with Crippen LogP contribution in [0, 0.1) is 18.1 Å². The van der Waals surface area contributed by atoms with Crippen molar-refractivity contribution in [2.45, 2.75) is 75.6 Å². The van der Waals surface area contributed by atoms with Crippen LogP contribution in [0.5, 0.6) is 0 Å². The van der Waals surface area contributed by atoms with E-state index in [1.165, 1.54) is 58.8 Å². The van der Waals surface area contributed by atoms with Crippen molar-refractivity contribution >= 4 is 39.6 Å². The van der Waals surface area contributed by atoms with Gasteiger partial charge in [-0.05, 0) is 47.4 Å². The third kappa shape index (κ3) is 8.68. The molecule has 0 bridgehead atoms. The predicted molar refractivity (Wildman–Crippen MR) is 217 cm³/mol. The van der Waals surface area contributed by atoms with E-state index < -0.39 is 13.3 Å². The number of benzene rings is 4. The van der Waals surface area contributed by atoms with Gasteiger partial charge in [0.2, 0.25) is 0 Å². The number of hydrogen-bond donors (Lipinski definition) is 0. The van der Waals surface area contributed by atoms with Crippen LogP contribution < -0.4 is 4.40 Å². The van der Waals surface area contributed by atoms with E-state index in [-0.39, 0.29) is 20.1 Å². The molecule has 52 heavy (non-hydrogen) atoms. The monoisotopic (exact) mass is 923 g/mol. The second kappa shape index (κ2) is 16.9. The zero-order valence-electron chi connectivity index (χ0n) is 31.0. The maximum Gasteiger partial charge on any atom is 0.120 e. The molecule has 0 amide bonds. The van der Waals surface area contributed by atoms with Crippen LogP contribution in [-0.2, 0) is 26.5 Å². The van der Waals surface area contributed by atoms with Crippen LogP contribution in [-0.4, -0.2) is 23.2 Å². The summed E-state index contributed by atoms with van der Waals surface area (Å²) in [6.45, 7) is 4.54. The molecule has 1 saturated carbocycles. The third-order valence-electron chi connectivity index (χ3n) is 10.2. The maximum atomic E-state index is 6.35.